The van der Waals surface area contributed by atoms with Gasteiger partial charge in [0.25, 0.3) is 0 Å². The Hall–Kier alpha value is -2.24. The first kappa shape index (κ1) is 16.1. The Bertz CT molecular complexity index is 626. The summed E-state index contributed by atoms with van der Waals surface area (Å²) < 4.78 is 52.3. The quantitative estimate of drug-likeness (QED) is 0.771. The fraction of sp³-hybridized carbons (Fsp3) is 0.250. The Morgan fingerprint density at radius 3 is 2.32 bits per heavy atom. The van der Waals surface area contributed by atoms with E-state index in [4.69, 9.17) is 0 Å². The van der Waals surface area contributed by atoms with Gasteiger partial charge in [-0.15, -0.1) is 13.2 Å². The van der Waals surface area contributed by atoms with Crippen molar-refractivity contribution in [1.29, 1.82) is 0 Å². The first-order chi connectivity index (χ1) is 10.3. The third kappa shape index (κ3) is 4.65. The molecule has 1 heterocycles. The highest BCUT2D eigenvalue weighted by atomic mass is 19.4. The number of rotatable bonds is 1. The van der Waals surface area contributed by atoms with Crippen LogP contribution in [0, 0.1) is 12.7 Å². The molecule has 1 aliphatic rings. The van der Waals surface area contributed by atoms with Gasteiger partial charge in [0.2, 0.25) is 0 Å². The number of nitrogens with one attached hydrogen (secondary N) is 1. The van der Waals surface area contributed by atoms with Crippen molar-refractivity contribution in [3.8, 4) is 5.75 Å². The van der Waals surface area contributed by atoms with E-state index < -0.39 is 17.9 Å². The lowest BCUT2D eigenvalue weighted by Crippen LogP contribution is -2.18. The molecule has 118 valence electrons. The van der Waals surface area contributed by atoms with Crippen LogP contribution in [0.25, 0.3) is 0 Å². The minimum Gasteiger partial charge on any atom is -0.403 e. The minimum atomic E-state index is -4.87. The van der Waals surface area contributed by atoms with Gasteiger partial charge >= 0.3 is 6.36 Å². The number of aryl methyl sites for hydroxylation is 1. The van der Waals surface area contributed by atoms with Gasteiger partial charge in [-0.2, -0.15) is 0 Å². The van der Waals surface area contributed by atoms with E-state index in [1.54, 1.807) is 0 Å². The Kier molecular flexibility index (Phi) is 4.90. The Morgan fingerprint density at radius 1 is 1.09 bits per heavy atom. The summed E-state index contributed by atoms with van der Waals surface area (Å²) in [6.45, 7) is 2.68. The van der Waals surface area contributed by atoms with Gasteiger partial charge in [-0.05, 0) is 25.0 Å². The molecule has 0 atom stereocenters. The predicted octanol–water partition coefficient (Wildman–Crippen LogP) is 4.69. The second kappa shape index (κ2) is 6.68. The van der Waals surface area contributed by atoms with E-state index in [2.05, 4.69) is 29.1 Å². The van der Waals surface area contributed by atoms with E-state index in [1.807, 2.05) is 18.2 Å². The molecule has 0 amide bonds. The summed E-state index contributed by atoms with van der Waals surface area (Å²) in [5.74, 6) is -1.79. The monoisotopic (exact) mass is 313 g/mol. The minimum absolute atomic E-state index is 0.496. The third-order valence-corrected chi connectivity index (χ3v) is 3.03. The van der Waals surface area contributed by atoms with Crippen molar-refractivity contribution in [3.63, 3.8) is 0 Å². The molecule has 0 aromatic heterocycles. The average molecular weight is 313 g/mol. The van der Waals surface area contributed by atoms with Crippen molar-refractivity contribution >= 4 is 5.69 Å². The molecule has 2 aromatic rings. The van der Waals surface area contributed by atoms with Crippen molar-refractivity contribution in [3.05, 3.63) is 59.4 Å². The van der Waals surface area contributed by atoms with Crippen LogP contribution >= 0.6 is 0 Å². The predicted molar refractivity (Wildman–Crippen MR) is 76.5 cm³/mol. The van der Waals surface area contributed by atoms with Crippen LogP contribution in [-0.4, -0.2) is 12.9 Å². The van der Waals surface area contributed by atoms with Gasteiger partial charge in [-0.3, -0.25) is 0 Å². The van der Waals surface area contributed by atoms with Crippen LogP contribution in [0.3, 0.4) is 0 Å². The second-order valence-electron chi connectivity index (χ2n) is 4.82. The van der Waals surface area contributed by atoms with E-state index in [9.17, 15) is 17.6 Å². The molecule has 22 heavy (non-hydrogen) atoms. The fourth-order valence-corrected chi connectivity index (χ4v) is 2.04. The molecule has 2 nitrogen and oxygen atoms in total. The molecule has 0 saturated carbocycles. The largest absolute Gasteiger partial charge is 0.573 e. The first-order valence-corrected chi connectivity index (χ1v) is 6.69. The summed E-state index contributed by atoms with van der Waals surface area (Å²) in [7, 11) is 0. The van der Waals surface area contributed by atoms with Crippen molar-refractivity contribution in [2.24, 2.45) is 0 Å². The maximum absolute atomic E-state index is 13.1. The maximum Gasteiger partial charge on any atom is 0.573 e. The third-order valence-electron chi connectivity index (χ3n) is 3.03. The molecule has 0 fully saturated rings. The van der Waals surface area contributed by atoms with E-state index in [0.717, 1.165) is 12.1 Å². The van der Waals surface area contributed by atoms with Crippen molar-refractivity contribution in [1.82, 2.24) is 0 Å². The number of alkyl halides is 3. The van der Waals surface area contributed by atoms with Gasteiger partial charge < -0.3 is 10.1 Å². The standard InChI is InChI=1S/C9H7F4NO.C7H8/c10-6-3-5-1-2-14-7(5)4-8(6)15-9(11,12)13;1-7-5-3-2-4-6-7/h3-4,14H,1-2H2;2-6H,1H3. The number of anilines is 1. The van der Waals surface area contributed by atoms with Gasteiger partial charge in [-0.1, -0.05) is 35.9 Å². The Morgan fingerprint density at radius 2 is 1.77 bits per heavy atom. The molecular formula is C16H15F4NO. The lowest BCUT2D eigenvalue weighted by atomic mass is 10.1. The lowest BCUT2D eigenvalue weighted by Gasteiger charge is -2.11. The molecule has 0 bridgehead atoms. The van der Waals surface area contributed by atoms with Crippen LogP contribution in [-0.2, 0) is 6.42 Å². The zero-order valence-electron chi connectivity index (χ0n) is 11.9. The maximum atomic E-state index is 13.1. The zero-order valence-corrected chi connectivity index (χ0v) is 11.9. The summed E-state index contributed by atoms with van der Waals surface area (Å²) in [5.41, 5.74) is 2.49. The van der Waals surface area contributed by atoms with Crippen LogP contribution in [0.15, 0.2) is 42.5 Å². The molecule has 0 radical (unpaired) electrons. The molecule has 1 aliphatic heterocycles. The van der Waals surface area contributed by atoms with Gasteiger partial charge in [-0.25, -0.2) is 4.39 Å². The van der Waals surface area contributed by atoms with E-state index in [1.165, 1.54) is 5.56 Å². The highest BCUT2D eigenvalue weighted by Crippen LogP contribution is 2.32. The molecular weight excluding hydrogens is 298 g/mol. The summed E-state index contributed by atoms with van der Waals surface area (Å²) in [5, 5.41) is 2.84. The smallest absolute Gasteiger partial charge is 0.403 e. The summed E-state index contributed by atoms with van der Waals surface area (Å²) in [6, 6.07) is 12.4. The van der Waals surface area contributed by atoms with Crippen LogP contribution in [0.2, 0.25) is 0 Å². The van der Waals surface area contributed by atoms with E-state index in [-0.39, 0.29) is 0 Å². The molecule has 0 spiro atoms. The van der Waals surface area contributed by atoms with Crippen LogP contribution in [0.1, 0.15) is 11.1 Å². The first-order valence-electron chi connectivity index (χ1n) is 6.69. The van der Waals surface area contributed by atoms with Crippen molar-refractivity contribution in [2.45, 2.75) is 19.7 Å². The fourth-order valence-electron chi connectivity index (χ4n) is 2.04. The summed E-state index contributed by atoms with van der Waals surface area (Å²) in [4.78, 5) is 0. The SMILES string of the molecule is Cc1ccccc1.Fc1cc2c(cc1OC(F)(F)F)NCC2. The highest BCUT2D eigenvalue weighted by molar-refractivity contribution is 5.59. The average Bonchev–Trinajstić information content (AvgIpc) is 2.86. The van der Waals surface area contributed by atoms with Crippen molar-refractivity contribution < 1.29 is 22.3 Å². The van der Waals surface area contributed by atoms with Crippen LogP contribution in [0.5, 0.6) is 5.75 Å². The molecule has 6 heteroatoms. The molecule has 1 N–H and O–H groups in total. The topological polar surface area (TPSA) is 21.3 Å². The number of ether oxygens (including phenoxy) is 1. The lowest BCUT2D eigenvalue weighted by molar-refractivity contribution is -0.275. The highest BCUT2D eigenvalue weighted by Gasteiger charge is 2.33. The number of halogens is 4. The molecule has 0 unspecified atom stereocenters. The van der Waals surface area contributed by atoms with Crippen molar-refractivity contribution in [2.75, 3.05) is 11.9 Å². The summed E-state index contributed by atoms with van der Waals surface area (Å²) in [6.07, 6.45) is -4.26. The van der Waals surface area contributed by atoms with E-state index in [0.29, 0.717) is 24.2 Å². The summed E-state index contributed by atoms with van der Waals surface area (Å²) >= 11 is 0. The zero-order chi connectivity index (χ0) is 16.2. The Labute approximate surface area is 125 Å². The molecule has 0 aliphatic carbocycles. The number of fused-ring (bicyclic) bond motifs is 1. The second-order valence-corrected chi connectivity index (χ2v) is 4.82. The van der Waals surface area contributed by atoms with Gasteiger partial charge in [0.15, 0.2) is 11.6 Å². The van der Waals surface area contributed by atoms with Crippen LogP contribution in [0.4, 0.5) is 23.2 Å². The van der Waals surface area contributed by atoms with Gasteiger partial charge in [0.1, 0.15) is 0 Å². The Balaban J connectivity index is 0.000000211. The molecule has 3 rings (SSSR count). The number of benzene rings is 2. The number of hydrogen-bond donors (Lipinski definition) is 1. The number of hydrogen-bond acceptors (Lipinski definition) is 2. The van der Waals surface area contributed by atoms with E-state index >= 15 is 0 Å². The van der Waals surface area contributed by atoms with Gasteiger partial charge in [0, 0.05) is 18.3 Å². The van der Waals surface area contributed by atoms with Gasteiger partial charge in [0.05, 0.1) is 0 Å². The normalized spacial score (nSPS) is 12.8. The van der Waals surface area contributed by atoms with Crippen LogP contribution < -0.4 is 10.1 Å². The molecule has 2 aromatic carbocycles. The molecule has 0 saturated heterocycles.